The molecule has 0 radical (unpaired) electrons. The van der Waals surface area contributed by atoms with Gasteiger partial charge in [-0.1, -0.05) is 18.2 Å². The highest BCUT2D eigenvalue weighted by molar-refractivity contribution is 5.82. The van der Waals surface area contributed by atoms with Crippen LogP contribution in [-0.2, 0) is 7.05 Å². The molecule has 4 nitrogen and oxygen atoms in total. The lowest BCUT2D eigenvalue weighted by atomic mass is 10.0. The molecule has 2 heterocycles. The molecule has 0 aliphatic carbocycles. The number of nitrogens with zero attached hydrogens (tertiary/aromatic N) is 2. The lowest BCUT2D eigenvalue weighted by Gasteiger charge is -2.10. The number of furan rings is 1. The number of hydrogen-bond acceptors (Lipinski definition) is 3. The van der Waals surface area contributed by atoms with Crippen molar-refractivity contribution in [1.82, 2.24) is 9.55 Å². The summed E-state index contributed by atoms with van der Waals surface area (Å²) in [5, 5.41) is 11.4. The number of imidazole rings is 1. The topological polar surface area (TPSA) is 51.2 Å². The summed E-state index contributed by atoms with van der Waals surface area (Å²) < 4.78 is 7.47. The summed E-state index contributed by atoms with van der Waals surface area (Å²) in [4.78, 5) is 4.19. The molecule has 18 heavy (non-hydrogen) atoms. The summed E-state index contributed by atoms with van der Waals surface area (Å²) in [6.45, 7) is 1.86. The predicted octanol–water partition coefficient (Wildman–Crippen LogP) is 2.56. The van der Waals surface area contributed by atoms with Gasteiger partial charge in [-0.25, -0.2) is 4.98 Å². The van der Waals surface area contributed by atoms with Crippen LogP contribution in [0.25, 0.3) is 11.0 Å². The van der Waals surface area contributed by atoms with Crippen LogP contribution in [0.1, 0.15) is 23.3 Å². The molecule has 1 N–H and O–H groups in total. The number of rotatable bonds is 2. The van der Waals surface area contributed by atoms with Crippen LogP contribution in [-0.4, -0.2) is 14.7 Å². The van der Waals surface area contributed by atoms with Gasteiger partial charge in [0.1, 0.15) is 23.3 Å². The van der Waals surface area contributed by atoms with Crippen LogP contribution in [0.15, 0.2) is 41.1 Å². The van der Waals surface area contributed by atoms with E-state index in [4.69, 9.17) is 4.42 Å². The van der Waals surface area contributed by atoms with Crippen molar-refractivity contribution in [2.45, 2.75) is 13.0 Å². The van der Waals surface area contributed by atoms with E-state index >= 15 is 0 Å². The number of aryl methyl sites for hydroxylation is 2. The summed E-state index contributed by atoms with van der Waals surface area (Å²) in [7, 11) is 1.86. The minimum Gasteiger partial charge on any atom is -0.461 e. The number of para-hydroxylation sites is 1. The van der Waals surface area contributed by atoms with E-state index in [1.165, 1.54) is 0 Å². The zero-order chi connectivity index (χ0) is 12.7. The van der Waals surface area contributed by atoms with Gasteiger partial charge in [0, 0.05) is 30.4 Å². The molecular formula is C14H14N2O2. The molecule has 0 aliphatic rings. The van der Waals surface area contributed by atoms with Crippen molar-refractivity contribution >= 4 is 11.0 Å². The maximum Gasteiger partial charge on any atom is 0.142 e. The minimum atomic E-state index is -0.770. The molecule has 1 atom stereocenters. The van der Waals surface area contributed by atoms with Crippen LogP contribution in [0.2, 0.25) is 0 Å². The molecule has 1 unspecified atom stereocenters. The van der Waals surface area contributed by atoms with Gasteiger partial charge < -0.3 is 14.1 Å². The quantitative estimate of drug-likeness (QED) is 0.751. The van der Waals surface area contributed by atoms with E-state index in [1.54, 1.807) is 6.20 Å². The summed E-state index contributed by atoms with van der Waals surface area (Å²) >= 11 is 0. The Labute approximate surface area is 104 Å². The highest BCUT2D eigenvalue weighted by Gasteiger charge is 2.22. The Kier molecular flexibility index (Phi) is 2.45. The lowest BCUT2D eigenvalue weighted by Crippen LogP contribution is -2.07. The van der Waals surface area contributed by atoms with Crippen molar-refractivity contribution in [3.05, 3.63) is 53.8 Å². The Balaban J connectivity index is 2.20. The summed E-state index contributed by atoms with van der Waals surface area (Å²) in [6, 6.07) is 7.71. The Bertz CT molecular complexity index is 697. The van der Waals surface area contributed by atoms with Crippen LogP contribution < -0.4 is 0 Å². The van der Waals surface area contributed by atoms with Crippen molar-refractivity contribution < 1.29 is 9.52 Å². The SMILES string of the molecule is Cc1oc2ccccc2c1C(O)c1nccn1C. The van der Waals surface area contributed by atoms with Gasteiger partial charge in [-0.2, -0.15) is 0 Å². The van der Waals surface area contributed by atoms with Crippen molar-refractivity contribution in [2.75, 3.05) is 0 Å². The molecule has 1 aromatic carbocycles. The monoisotopic (exact) mass is 242 g/mol. The molecular weight excluding hydrogens is 228 g/mol. The van der Waals surface area contributed by atoms with Crippen LogP contribution in [0.4, 0.5) is 0 Å². The first-order valence-corrected chi connectivity index (χ1v) is 5.82. The van der Waals surface area contributed by atoms with E-state index in [1.807, 2.05) is 49.0 Å². The van der Waals surface area contributed by atoms with Gasteiger partial charge in [-0.15, -0.1) is 0 Å². The Morgan fingerprint density at radius 2 is 2.11 bits per heavy atom. The molecule has 0 saturated heterocycles. The molecule has 0 saturated carbocycles. The third kappa shape index (κ3) is 1.54. The van der Waals surface area contributed by atoms with E-state index in [9.17, 15) is 5.11 Å². The van der Waals surface area contributed by atoms with E-state index in [0.717, 1.165) is 22.3 Å². The van der Waals surface area contributed by atoms with E-state index < -0.39 is 6.10 Å². The Morgan fingerprint density at radius 3 is 2.83 bits per heavy atom. The fourth-order valence-electron chi connectivity index (χ4n) is 2.30. The fraction of sp³-hybridized carbons (Fsp3) is 0.214. The lowest BCUT2D eigenvalue weighted by molar-refractivity contribution is 0.205. The maximum absolute atomic E-state index is 10.5. The number of hydrogen-bond donors (Lipinski definition) is 1. The average molecular weight is 242 g/mol. The van der Waals surface area contributed by atoms with Crippen molar-refractivity contribution in [1.29, 1.82) is 0 Å². The summed E-state index contributed by atoms with van der Waals surface area (Å²) in [5.74, 6) is 1.34. The number of aliphatic hydroxyl groups is 1. The molecule has 0 aliphatic heterocycles. The van der Waals surface area contributed by atoms with Crippen LogP contribution in [0.5, 0.6) is 0 Å². The first-order chi connectivity index (χ1) is 8.68. The van der Waals surface area contributed by atoms with Crippen molar-refractivity contribution in [3.63, 3.8) is 0 Å². The molecule has 92 valence electrons. The molecule has 0 bridgehead atoms. The molecule has 3 aromatic rings. The fourth-order valence-corrected chi connectivity index (χ4v) is 2.30. The van der Waals surface area contributed by atoms with Crippen molar-refractivity contribution in [3.8, 4) is 0 Å². The Hall–Kier alpha value is -2.07. The van der Waals surface area contributed by atoms with Gasteiger partial charge in [0.25, 0.3) is 0 Å². The molecule has 2 aromatic heterocycles. The number of aliphatic hydroxyl groups excluding tert-OH is 1. The zero-order valence-electron chi connectivity index (χ0n) is 10.3. The van der Waals surface area contributed by atoms with Crippen LogP contribution >= 0.6 is 0 Å². The maximum atomic E-state index is 10.5. The Morgan fingerprint density at radius 1 is 1.33 bits per heavy atom. The first-order valence-electron chi connectivity index (χ1n) is 5.82. The standard InChI is InChI=1S/C14H14N2O2/c1-9-12(10-5-3-4-6-11(10)18-9)13(17)14-15-7-8-16(14)2/h3-8,13,17H,1-2H3. The zero-order valence-corrected chi connectivity index (χ0v) is 10.3. The van der Waals surface area contributed by atoms with Gasteiger partial charge >= 0.3 is 0 Å². The first kappa shape index (κ1) is 11.0. The van der Waals surface area contributed by atoms with Crippen molar-refractivity contribution in [2.24, 2.45) is 7.05 Å². The predicted molar refractivity (Wildman–Crippen MR) is 68.2 cm³/mol. The van der Waals surface area contributed by atoms with E-state index in [-0.39, 0.29) is 0 Å². The van der Waals surface area contributed by atoms with Crippen LogP contribution in [0.3, 0.4) is 0 Å². The second-order valence-corrected chi connectivity index (χ2v) is 4.37. The molecule has 3 rings (SSSR count). The highest BCUT2D eigenvalue weighted by Crippen LogP contribution is 2.32. The summed E-state index contributed by atoms with van der Waals surface area (Å²) in [5.41, 5.74) is 1.58. The third-order valence-corrected chi connectivity index (χ3v) is 3.20. The van der Waals surface area contributed by atoms with Crippen LogP contribution in [0, 0.1) is 6.92 Å². The number of benzene rings is 1. The summed E-state index contributed by atoms with van der Waals surface area (Å²) in [6.07, 6.45) is 2.72. The van der Waals surface area contributed by atoms with Gasteiger partial charge in [-0.3, -0.25) is 0 Å². The average Bonchev–Trinajstić information content (AvgIpc) is 2.91. The highest BCUT2D eigenvalue weighted by atomic mass is 16.3. The number of aromatic nitrogens is 2. The number of fused-ring (bicyclic) bond motifs is 1. The largest absolute Gasteiger partial charge is 0.461 e. The second kappa shape index (κ2) is 3.99. The van der Waals surface area contributed by atoms with E-state index in [0.29, 0.717) is 5.82 Å². The molecule has 0 spiro atoms. The normalized spacial score (nSPS) is 13.1. The second-order valence-electron chi connectivity index (χ2n) is 4.37. The van der Waals surface area contributed by atoms with E-state index in [2.05, 4.69) is 4.98 Å². The molecule has 4 heteroatoms. The van der Waals surface area contributed by atoms with Gasteiger partial charge in [-0.05, 0) is 13.0 Å². The molecule has 0 fully saturated rings. The smallest absolute Gasteiger partial charge is 0.142 e. The minimum absolute atomic E-state index is 0.615. The van der Waals surface area contributed by atoms with Gasteiger partial charge in [0.05, 0.1) is 0 Å². The third-order valence-electron chi connectivity index (χ3n) is 3.20. The van der Waals surface area contributed by atoms with Gasteiger partial charge in [0.15, 0.2) is 0 Å². The van der Waals surface area contributed by atoms with Gasteiger partial charge in [0.2, 0.25) is 0 Å². The molecule has 0 amide bonds.